The molecule has 8 heteroatoms. The van der Waals surface area contributed by atoms with Gasteiger partial charge in [0.05, 0.1) is 12.9 Å². The molecule has 0 saturated heterocycles. The fourth-order valence-corrected chi connectivity index (χ4v) is 3.35. The molecule has 0 aliphatic carbocycles. The molecule has 1 N–H and O–H groups in total. The third kappa shape index (κ3) is 6.38. The van der Waals surface area contributed by atoms with Gasteiger partial charge in [0.15, 0.2) is 11.5 Å². The van der Waals surface area contributed by atoms with E-state index >= 15 is 0 Å². The smallest absolute Gasteiger partial charge is 0.322 e. The Morgan fingerprint density at radius 3 is 2.40 bits per heavy atom. The van der Waals surface area contributed by atoms with Crippen molar-refractivity contribution in [2.75, 3.05) is 18.2 Å². The van der Waals surface area contributed by atoms with E-state index in [0.29, 0.717) is 5.75 Å². The maximum Gasteiger partial charge on any atom is 0.322 e. The third-order valence-corrected chi connectivity index (χ3v) is 5.76. The fraction of sp³-hybridized carbons (Fsp3) is 0.409. The highest BCUT2D eigenvalue weighted by Crippen LogP contribution is 2.30. The standard InChI is InChI=1S/C22H30N2O5S/c1-6-17-9-8-10-19(13-17)23-22(25)24(16(3)4)15-18-11-12-20(28-5)21(14-18)29-30(26,27)7-2/h8-14,16H,6-7,15H2,1-5H3,(H,23,25). The van der Waals surface area contributed by atoms with Crippen molar-refractivity contribution in [1.82, 2.24) is 4.90 Å². The van der Waals surface area contributed by atoms with Gasteiger partial charge in [-0.3, -0.25) is 0 Å². The highest BCUT2D eigenvalue weighted by molar-refractivity contribution is 7.87. The molecule has 2 rings (SSSR count). The molecule has 0 heterocycles. The molecule has 0 radical (unpaired) electrons. The number of ether oxygens (including phenoxy) is 1. The molecule has 0 spiro atoms. The van der Waals surface area contributed by atoms with Crippen molar-refractivity contribution in [2.45, 2.75) is 46.7 Å². The molecular formula is C22H30N2O5S. The fourth-order valence-electron chi connectivity index (χ4n) is 2.83. The van der Waals surface area contributed by atoms with E-state index in [0.717, 1.165) is 23.2 Å². The first kappa shape index (κ1) is 23.5. The lowest BCUT2D eigenvalue weighted by Crippen LogP contribution is -2.39. The van der Waals surface area contributed by atoms with E-state index in [-0.39, 0.29) is 30.1 Å². The topological polar surface area (TPSA) is 84.9 Å². The van der Waals surface area contributed by atoms with E-state index in [1.807, 2.05) is 38.1 Å². The summed E-state index contributed by atoms with van der Waals surface area (Å²) in [6.07, 6.45) is 0.882. The summed E-state index contributed by atoms with van der Waals surface area (Å²) >= 11 is 0. The quantitative estimate of drug-likeness (QED) is 0.590. The maximum atomic E-state index is 12.9. The van der Waals surface area contributed by atoms with Gasteiger partial charge < -0.3 is 19.1 Å². The van der Waals surface area contributed by atoms with Gasteiger partial charge in [-0.05, 0) is 62.6 Å². The van der Waals surface area contributed by atoms with Crippen molar-refractivity contribution < 1.29 is 22.1 Å². The van der Waals surface area contributed by atoms with E-state index in [1.165, 1.54) is 14.0 Å². The van der Waals surface area contributed by atoms with Crippen molar-refractivity contribution in [3.8, 4) is 11.5 Å². The van der Waals surface area contributed by atoms with Crippen LogP contribution in [0.5, 0.6) is 11.5 Å². The number of amides is 2. The highest BCUT2D eigenvalue weighted by Gasteiger charge is 2.20. The SMILES string of the molecule is CCc1cccc(NC(=O)N(Cc2ccc(OC)c(OS(=O)(=O)CC)c2)C(C)C)c1. The Morgan fingerprint density at radius 1 is 1.07 bits per heavy atom. The molecule has 0 bridgehead atoms. The number of nitrogens with zero attached hydrogens (tertiary/aromatic N) is 1. The monoisotopic (exact) mass is 434 g/mol. The van der Waals surface area contributed by atoms with Crippen LogP contribution in [-0.2, 0) is 23.1 Å². The molecule has 0 fully saturated rings. The number of nitrogens with one attached hydrogen (secondary N) is 1. The molecule has 2 amide bonds. The number of carbonyl (C=O) groups excluding carboxylic acids is 1. The zero-order valence-corrected chi connectivity index (χ0v) is 19.0. The summed E-state index contributed by atoms with van der Waals surface area (Å²) in [5.41, 5.74) is 2.60. The second-order valence-electron chi connectivity index (χ2n) is 7.12. The maximum absolute atomic E-state index is 12.9. The Bertz CT molecular complexity index is 973. The highest BCUT2D eigenvalue weighted by atomic mass is 32.2. The van der Waals surface area contributed by atoms with Crippen LogP contribution in [0, 0.1) is 0 Å². The first-order valence-electron chi connectivity index (χ1n) is 9.94. The largest absolute Gasteiger partial charge is 0.493 e. The number of methoxy groups -OCH3 is 1. The summed E-state index contributed by atoms with van der Waals surface area (Å²) in [5, 5.41) is 2.94. The molecule has 2 aromatic rings. The number of hydrogen-bond acceptors (Lipinski definition) is 5. The molecule has 7 nitrogen and oxygen atoms in total. The second-order valence-corrected chi connectivity index (χ2v) is 8.98. The first-order chi connectivity index (χ1) is 14.2. The Labute approximate surface area is 179 Å². The van der Waals surface area contributed by atoms with Gasteiger partial charge in [-0.25, -0.2) is 4.79 Å². The molecule has 0 aromatic heterocycles. The second kappa shape index (κ2) is 10.3. The van der Waals surface area contributed by atoms with Crippen LogP contribution in [0.15, 0.2) is 42.5 Å². The van der Waals surface area contributed by atoms with E-state index in [2.05, 4.69) is 12.2 Å². The average molecular weight is 435 g/mol. The van der Waals surface area contributed by atoms with Crippen LogP contribution in [0.1, 0.15) is 38.8 Å². The van der Waals surface area contributed by atoms with Gasteiger partial charge in [-0.1, -0.05) is 25.1 Å². The summed E-state index contributed by atoms with van der Waals surface area (Å²) in [6, 6.07) is 12.4. The van der Waals surface area contributed by atoms with Crippen LogP contribution in [0.3, 0.4) is 0 Å². The van der Waals surface area contributed by atoms with Crippen LogP contribution in [-0.4, -0.2) is 38.3 Å². The van der Waals surface area contributed by atoms with Gasteiger partial charge in [0.25, 0.3) is 0 Å². The predicted molar refractivity (Wildman–Crippen MR) is 119 cm³/mol. The minimum Gasteiger partial charge on any atom is -0.493 e. The number of hydrogen-bond donors (Lipinski definition) is 1. The van der Waals surface area contributed by atoms with E-state index in [4.69, 9.17) is 8.92 Å². The zero-order chi connectivity index (χ0) is 22.3. The number of rotatable bonds is 9. The molecule has 164 valence electrons. The zero-order valence-electron chi connectivity index (χ0n) is 18.1. The number of benzene rings is 2. The van der Waals surface area contributed by atoms with E-state index in [1.54, 1.807) is 23.1 Å². The Balaban J connectivity index is 2.24. The van der Waals surface area contributed by atoms with E-state index in [9.17, 15) is 13.2 Å². The van der Waals surface area contributed by atoms with Gasteiger partial charge in [0, 0.05) is 18.3 Å². The lowest BCUT2D eigenvalue weighted by atomic mass is 10.1. The van der Waals surface area contributed by atoms with Gasteiger partial charge in [-0.15, -0.1) is 0 Å². The average Bonchev–Trinajstić information content (AvgIpc) is 2.71. The minimum absolute atomic E-state index is 0.0785. The van der Waals surface area contributed by atoms with Gasteiger partial charge in [0.1, 0.15) is 0 Å². The summed E-state index contributed by atoms with van der Waals surface area (Å²) in [7, 11) is -2.26. The predicted octanol–water partition coefficient (Wildman–Crippen LogP) is 4.43. The third-order valence-electron chi connectivity index (χ3n) is 4.62. The normalized spacial score (nSPS) is 11.3. The lowest BCUT2D eigenvalue weighted by molar-refractivity contribution is 0.193. The van der Waals surface area contributed by atoms with Crippen molar-refractivity contribution in [3.63, 3.8) is 0 Å². The molecule has 30 heavy (non-hydrogen) atoms. The summed E-state index contributed by atoms with van der Waals surface area (Å²) in [5.74, 6) is 0.266. The molecule has 0 aliphatic heterocycles. The minimum atomic E-state index is -3.70. The van der Waals surface area contributed by atoms with Crippen LogP contribution in [0.2, 0.25) is 0 Å². The van der Waals surface area contributed by atoms with Crippen LogP contribution >= 0.6 is 0 Å². The Kier molecular flexibility index (Phi) is 8.11. The Morgan fingerprint density at radius 2 is 1.80 bits per heavy atom. The Hall–Kier alpha value is -2.74. The number of urea groups is 1. The molecule has 0 aliphatic rings. The molecule has 0 saturated carbocycles. The van der Waals surface area contributed by atoms with Crippen LogP contribution in [0.25, 0.3) is 0 Å². The molecule has 2 aromatic carbocycles. The van der Waals surface area contributed by atoms with Crippen LogP contribution < -0.4 is 14.2 Å². The van der Waals surface area contributed by atoms with Gasteiger partial charge in [0.2, 0.25) is 0 Å². The van der Waals surface area contributed by atoms with Crippen LogP contribution in [0.4, 0.5) is 10.5 Å². The van der Waals surface area contributed by atoms with Crippen molar-refractivity contribution >= 4 is 21.8 Å². The van der Waals surface area contributed by atoms with E-state index < -0.39 is 10.1 Å². The lowest BCUT2D eigenvalue weighted by Gasteiger charge is -2.27. The number of aryl methyl sites for hydroxylation is 1. The van der Waals surface area contributed by atoms with Crippen molar-refractivity contribution in [3.05, 3.63) is 53.6 Å². The molecule has 0 atom stereocenters. The van der Waals surface area contributed by atoms with Gasteiger partial charge in [-0.2, -0.15) is 8.42 Å². The van der Waals surface area contributed by atoms with Crippen molar-refractivity contribution in [2.24, 2.45) is 0 Å². The summed E-state index contributed by atoms with van der Waals surface area (Å²) < 4.78 is 34.2. The molecule has 0 unspecified atom stereocenters. The number of anilines is 1. The van der Waals surface area contributed by atoms with Crippen molar-refractivity contribution in [1.29, 1.82) is 0 Å². The molecular weight excluding hydrogens is 404 g/mol. The summed E-state index contributed by atoms with van der Waals surface area (Å²) in [4.78, 5) is 14.6. The first-order valence-corrected chi connectivity index (χ1v) is 11.5. The number of carbonyl (C=O) groups is 1. The summed E-state index contributed by atoms with van der Waals surface area (Å²) in [6.45, 7) is 7.69. The van der Waals surface area contributed by atoms with Gasteiger partial charge >= 0.3 is 16.1 Å².